The molecular weight excluding hydrogens is 240 g/mol. The fraction of sp³-hybridized carbons (Fsp3) is 0.182. The minimum absolute atomic E-state index is 0.114. The van der Waals surface area contributed by atoms with Gasteiger partial charge in [-0.1, -0.05) is 24.4 Å². The highest BCUT2D eigenvalue weighted by molar-refractivity contribution is 7.80. The summed E-state index contributed by atoms with van der Waals surface area (Å²) >= 11 is 4.89. The van der Waals surface area contributed by atoms with Crippen molar-refractivity contribution in [3.8, 4) is 0 Å². The third kappa shape index (κ3) is 2.17. The molecular formula is C11H10N2O3S. The van der Waals surface area contributed by atoms with Gasteiger partial charge in [0.1, 0.15) is 18.2 Å². The van der Waals surface area contributed by atoms with Crippen LogP contribution in [-0.2, 0) is 14.3 Å². The van der Waals surface area contributed by atoms with Crippen LogP contribution in [0.1, 0.15) is 5.56 Å². The van der Waals surface area contributed by atoms with E-state index in [0.29, 0.717) is 11.3 Å². The molecule has 0 saturated carbocycles. The zero-order valence-electron chi connectivity index (χ0n) is 8.88. The molecule has 0 aromatic heterocycles. The molecule has 1 heterocycles. The molecule has 1 aromatic rings. The molecule has 5 nitrogen and oxygen atoms in total. The Balaban J connectivity index is 2.48. The maximum absolute atomic E-state index is 11.7. The van der Waals surface area contributed by atoms with Gasteiger partial charge in [-0.15, -0.1) is 0 Å². The van der Waals surface area contributed by atoms with Crippen LogP contribution in [0.3, 0.4) is 0 Å². The molecule has 1 saturated heterocycles. The van der Waals surface area contributed by atoms with Crippen molar-refractivity contribution < 1.29 is 14.3 Å². The minimum atomic E-state index is -0.412. The molecule has 0 spiro atoms. The number of ether oxygens (including phenoxy) is 1. The van der Waals surface area contributed by atoms with Crippen LogP contribution in [0.25, 0.3) is 0 Å². The van der Waals surface area contributed by atoms with E-state index in [1.807, 2.05) is 0 Å². The van der Waals surface area contributed by atoms with Gasteiger partial charge in [0.05, 0.1) is 5.69 Å². The average molecular weight is 250 g/mol. The summed E-state index contributed by atoms with van der Waals surface area (Å²) in [5.74, 6) is -0.824. The van der Waals surface area contributed by atoms with Gasteiger partial charge in [0.2, 0.25) is 0 Å². The second kappa shape index (κ2) is 4.60. The Morgan fingerprint density at radius 2 is 1.82 bits per heavy atom. The summed E-state index contributed by atoms with van der Waals surface area (Å²) in [6, 6.07) is 6.77. The van der Waals surface area contributed by atoms with E-state index in [1.54, 1.807) is 24.3 Å². The Hall–Kier alpha value is -1.79. The largest absolute Gasteiger partial charge is 0.389 e. The van der Waals surface area contributed by atoms with E-state index < -0.39 is 11.8 Å². The molecule has 2 rings (SSSR count). The molecule has 2 N–H and O–H groups in total. The van der Waals surface area contributed by atoms with E-state index in [1.165, 1.54) is 0 Å². The number of rotatable bonds is 2. The van der Waals surface area contributed by atoms with Crippen LogP contribution in [0, 0.1) is 0 Å². The van der Waals surface area contributed by atoms with Crippen molar-refractivity contribution >= 4 is 34.7 Å². The fourth-order valence-corrected chi connectivity index (χ4v) is 1.81. The normalized spacial score (nSPS) is 16.1. The van der Waals surface area contributed by atoms with Gasteiger partial charge >= 0.3 is 0 Å². The Bertz CT molecular complexity index is 485. The van der Waals surface area contributed by atoms with Crippen LogP contribution in [0.2, 0.25) is 0 Å². The van der Waals surface area contributed by atoms with Crippen LogP contribution < -0.4 is 10.6 Å². The average Bonchev–Trinajstić information content (AvgIpc) is 2.29. The molecule has 0 unspecified atom stereocenters. The minimum Gasteiger partial charge on any atom is -0.389 e. The highest BCUT2D eigenvalue weighted by atomic mass is 32.1. The number of morpholine rings is 1. The predicted octanol–water partition coefficient (Wildman–Crippen LogP) is 0.211. The van der Waals surface area contributed by atoms with Crippen LogP contribution in [0.5, 0.6) is 0 Å². The molecule has 17 heavy (non-hydrogen) atoms. The second-order valence-electron chi connectivity index (χ2n) is 3.50. The van der Waals surface area contributed by atoms with E-state index in [0.717, 1.165) is 4.90 Å². The Morgan fingerprint density at radius 3 is 2.41 bits per heavy atom. The molecule has 1 fully saturated rings. The van der Waals surface area contributed by atoms with Crippen LogP contribution >= 0.6 is 12.2 Å². The third-order valence-corrected chi connectivity index (χ3v) is 2.58. The summed E-state index contributed by atoms with van der Waals surface area (Å²) in [4.78, 5) is 24.6. The van der Waals surface area contributed by atoms with Crippen LogP contribution in [-0.4, -0.2) is 30.0 Å². The number of nitrogens with two attached hydrogens (primary N) is 1. The van der Waals surface area contributed by atoms with Crippen molar-refractivity contribution in [3.05, 3.63) is 29.8 Å². The first kappa shape index (κ1) is 11.7. The lowest BCUT2D eigenvalue weighted by Gasteiger charge is -2.26. The number of thiocarbonyl (C=S) groups is 1. The van der Waals surface area contributed by atoms with E-state index in [2.05, 4.69) is 0 Å². The highest BCUT2D eigenvalue weighted by Crippen LogP contribution is 2.22. The number of anilines is 1. The first-order chi connectivity index (χ1) is 8.11. The molecule has 1 aromatic carbocycles. The molecule has 1 aliphatic heterocycles. The standard InChI is InChI=1S/C11H10N2O3S/c12-11(17)7-3-1-2-4-8(7)13-9(14)5-16-6-10(13)15/h1-4H,5-6H2,(H2,12,17). The number of para-hydroxylation sites is 1. The first-order valence-corrected chi connectivity index (χ1v) is 5.34. The van der Waals surface area contributed by atoms with Crippen molar-refractivity contribution in [2.45, 2.75) is 0 Å². The van der Waals surface area contributed by atoms with E-state index in [9.17, 15) is 9.59 Å². The summed E-state index contributed by atoms with van der Waals surface area (Å²) in [5.41, 5.74) is 6.48. The van der Waals surface area contributed by atoms with Gasteiger partial charge in [-0.3, -0.25) is 9.59 Å². The third-order valence-electron chi connectivity index (χ3n) is 2.36. The Kier molecular flexibility index (Phi) is 3.16. The fourth-order valence-electron chi connectivity index (χ4n) is 1.64. The molecule has 88 valence electrons. The number of carbonyl (C=O) groups is 2. The Labute approximate surface area is 103 Å². The maximum Gasteiger partial charge on any atom is 0.259 e. The molecule has 2 amide bonds. The topological polar surface area (TPSA) is 72.6 Å². The molecule has 0 bridgehead atoms. The SMILES string of the molecule is NC(=S)c1ccccc1N1C(=O)COCC1=O. The quantitative estimate of drug-likeness (QED) is 0.600. The zero-order chi connectivity index (χ0) is 12.4. The van der Waals surface area contributed by atoms with Crippen molar-refractivity contribution in [1.29, 1.82) is 0 Å². The monoisotopic (exact) mass is 250 g/mol. The smallest absolute Gasteiger partial charge is 0.259 e. The van der Waals surface area contributed by atoms with E-state index in [4.69, 9.17) is 22.7 Å². The van der Waals surface area contributed by atoms with Gasteiger partial charge < -0.3 is 10.5 Å². The number of hydrogen-bond acceptors (Lipinski definition) is 4. The number of nitrogens with zero attached hydrogens (tertiary/aromatic N) is 1. The number of hydrogen-bond donors (Lipinski definition) is 1. The molecule has 1 aliphatic rings. The van der Waals surface area contributed by atoms with Crippen molar-refractivity contribution in [3.63, 3.8) is 0 Å². The number of carbonyl (C=O) groups excluding carboxylic acids is 2. The zero-order valence-corrected chi connectivity index (χ0v) is 9.70. The molecule has 0 radical (unpaired) electrons. The summed E-state index contributed by atoms with van der Waals surface area (Å²) in [6.07, 6.45) is 0. The highest BCUT2D eigenvalue weighted by Gasteiger charge is 2.29. The number of benzene rings is 1. The van der Waals surface area contributed by atoms with E-state index >= 15 is 0 Å². The Morgan fingerprint density at radius 1 is 1.24 bits per heavy atom. The number of imide groups is 1. The van der Waals surface area contributed by atoms with Crippen LogP contribution in [0.4, 0.5) is 5.69 Å². The molecule has 6 heteroatoms. The van der Waals surface area contributed by atoms with Crippen molar-refractivity contribution in [2.75, 3.05) is 18.1 Å². The van der Waals surface area contributed by atoms with Gasteiger partial charge in [0, 0.05) is 5.56 Å². The van der Waals surface area contributed by atoms with Gasteiger partial charge in [-0.05, 0) is 12.1 Å². The summed E-state index contributed by atoms with van der Waals surface area (Å²) in [6.45, 7) is -0.227. The van der Waals surface area contributed by atoms with Crippen LogP contribution in [0.15, 0.2) is 24.3 Å². The van der Waals surface area contributed by atoms with Crippen molar-refractivity contribution in [2.24, 2.45) is 5.73 Å². The lowest BCUT2D eigenvalue weighted by atomic mass is 10.1. The van der Waals surface area contributed by atoms with E-state index in [-0.39, 0.29) is 18.2 Å². The van der Waals surface area contributed by atoms with Gasteiger partial charge in [0.15, 0.2) is 0 Å². The first-order valence-electron chi connectivity index (χ1n) is 4.93. The van der Waals surface area contributed by atoms with Gasteiger partial charge in [-0.2, -0.15) is 0 Å². The predicted molar refractivity (Wildman–Crippen MR) is 65.6 cm³/mol. The lowest BCUT2D eigenvalue weighted by Crippen LogP contribution is -2.47. The van der Waals surface area contributed by atoms with Gasteiger partial charge in [-0.25, -0.2) is 4.90 Å². The molecule has 0 aliphatic carbocycles. The van der Waals surface area contributed by atoms with Crippen molar-refractivity contribution in [1.82, 2.24) is 0 Å². The summed E-state index contributed by atoms with van der Waals surface area (Å²) < 4.78 is 4.84. The second-order valence-corrected chi connectivity index (χ2v) is 3.94. The summed E-state index contributed by atoms with van der Waals surface area (Å²) in [5, 5.41) is 0. The van der Waals surface area contributed by atoms with Gasteiger partial charge in [0.25, 0.3) is 11.8 Å². The lowest BCUT2D eigenvalue weighted by molar-refractivity contribution is -0.138. The summed E-state index contributed by atoms with van der Waals surface area (Å²) in [7, 11) is 0. The molecule has 0 atom stereocenters. The number of amides is 2. The maximum atomic E-state index is 11.7.